The van der Waals surface area contributed by atoms with Crippen molar-refractivity contribution in [3.8, 4) is 23.1 Å². The summed E-state index contributed by atoms with van der Waals surface area (Å²) in [5.74, 6) is 0.877. The summed E-state index contributed by atoms with van der Waals surface area (Å²) in [6, 6.07) is 12.6. The first kappa shape index (κ1) is 17.9. The number of aryl methyl sites for hydroxylation is 3. The molecule has 0 saturated heterocycles. The third-order valence-corrected chi connectivity index (χ3v) is 4.71. The fourth-order valence-corrected chi connectivity index (χ4v) is 3.69. The largest absolute Gasteiger partial charge is 0.299 e. The van der Waals surface area contributed by atoms with E-state index in [1.807, 2.05) is 24.5 Å². The molecule has 0 saturated carbocycles. The van der Waals surface area contributed by atoms with E-state index in [1.54, 1.807) is 0 Å². The number of aromatic nitrogens is 2. The fourth-order valence-electron chi connectivity index (χ4n) is 3.69. The molecule has 0 aliphatic rings. The van der Waals surface area contributed by atoms with Crippen molar-refractivity contribution in [1.29, 1.82) is 5.26 Å². The highest BCUT2D eigenvalue weighted by molar-refractivity contribution is 5.68. The van der Waals surface area contributed by atoms with Gasteiger partial charge in [-0.2, -0.15) is 5.26 Å². The van der Waals surface area contributed by atoms with E-state index in [9.17, 15) is 5.26 Å². The Balaban J connectivity index is 2.30. The molecule has 132 valence electrons. The first-order chi connectivity index (χ1) is 12.2. The van der Waals surface area contributed by atoms with E-state index < -0.39 is 0 Å². The third kappa shape index (κ3) is 3.15. The average Bonchev–Trinajstić information content (AvgIpc) is 3.01. The Morgan fingerprint density at radius 1 is 1.00 bits per heavy atom. The molecule has 0 radical (unpaired) electrons. The first-order valence-electron chi connectivity index (χ1n) is 8.89. The van der Waals surface area contributed by atoms with Crippen molar-refractivity contribution in [2.75, 3.05) is 0 Å². The molecular formula is C23H25N3. The molecule has 1 aromatic heterocycles. The van der Waals surface area contributed by atoms with Gasteiger partial charge < -0.3 is 0 Å². The molecule has 0 N–H and O–H groups in total. The molecule has 0 amide bonds. The average molecular weight is 343 g/mol. The van der Waals surface area contributed by atoms with Crippen molar-refractivity contribution in [3.05, 3.63) is 70.5 Å². The van der Waals surface area contributed by atoms with Crippen molar-refractivity contribution >= 4 is 0 Å². The number of benzene rings is 2. The predicted octanol–water partition coefficient (Wildman–Crippen LogP) is 5.63. The lowest BCUT2D eigenvalue weighted by Crippen LogP contribution is -2.14. The molecule has 0 aliphatic carbocycles. The summed E-state index contributed by atoms with van der Waals surface area (Å²) in [6.07, 6.45) is 3.84. The Morgan fingerprint density at radius 3 is 2.23 bits per heavy atom. The second-order valence-corrected chi connectivity index (χ2v) is 7.99. The highest BCUT2D eigenvalue weighted by atomic mass is 15.1. The molecule has 0 bridgehead atoms. The van der Waals surface area contributed by atoms with E-state index in [4.69, 9.17) is 0 Å². The zero-order valence-corrected chi connectivity index (χ0v) is 16.4. The maximum absolute atomic E-state index is 9.38. The zero-order valence-electron chi connectivity index (χ0n) is 16.4. The molecule has 26 heavy (non-hydrogen) atoms. The lowest BCUT2D eigenvalue weighted by Gasteiger charge is -2.24. The quantitative estimate of drug-likeness (QED) is 0.605. The lowest BCUT2D eigenvalue weighted by atomic mass is 9.83. The SMILES string of the molecule is Cc1cc(C)c(-n2ccnc2-c2cc(C#N)ccc2C(C)(C)C)c(C)c1. The topological polar surface area (TPSA) is 41.6 Å². The molecule has 3 heteroatoms. The van der Waals surface area contributed by atoms with Gasteiger partial charge in [0.15, 0.2) is 0 Å². The summed E-state index contributed by atoms with van der Waals surface area (Å²) >= 11 is 0. The second kappa shape index (κ2) is 6.46. The molecule has 2 aromatic carbocycles. The summed E-state index contributed by atoms with van der Waals surface area (Å²) in [5.41, 5.74) is 7.66. The number of hydrogen-bond acceptors (Lipinski definition) is 2. The minimum absolute atomic E-state index is 0.0442. The van der Waals surface area contributed by atoms with Crippen LogP contribution in [-0.4, -0.2) is 9.55 Å². The van der Waals surface area contributed by atoms with Crippen LogP contribution in [0.1, 0.15) is 48.6 Å². The molecule has 3 nitrogen and oxygen atoms in total. The molecule has 0 aliphatic heterocycles. The van der Waals surface area contributed by atoms with Crippen molar-refractivity contribution in [2.45, 2.75) is 47.0 Å². The van der Waals surface area contributed by atoms with Crippen LogP contribution in [0.4, 0.5) is 0 Å². The minimum Gasteiger partial charge on any atom is -0.299 e. The van der Waals surface area contributed by atoms with Crippen LogP contribution in [-0.2, 0) is 5.41 Å². The van der Waals surface area contributed by atoms with Crippen molar-refractivity contribution < 1.29 is 0 Å². The Hall–Kier alpha value is -2.86. The normalized spacial score (nSPS) is 11.4. The lowest BCUT2D eigenvalue weighted by molar-refractivity contribution is 0.591. The summed E-state index contributed by atoms with van der Waals surface area (Å²) in [4.78, 5) is 4.67. The van der Waals surface area contributed by atoms with Gasteiger partial charge in [-0.1, -0.05) is 44.5 Å². The number of nitriles is 1. The van der Waals surface area contributed by atoms with Gasteiger partial charge in [0, 0.05) is 18.0 Å². The summed E-state index contributed by atoms with van der Waals surface area (Å²) in [6.45, 7) is 13.0. The fraction of sp³-hybridized carbons (Fsp3) is 0.304. The maximum Gasteiger partial charge on any atom is 0.144 e. The Kier molecular flexibility index (Phi) is 4.46. The summed E-state index contributed by atoms with van der Waals surface area (Å²) in [5, 5.41) is 9.38. The highest BCUT2D eigenvalue weighted by Crippen LogP contribution is 2.35. The standard InChI is InChI=1S/C23H25N3/c1-15-11-16(2)21(17(3)12-15)26-10-9-25-22(26)19-13-18(14-24)7-8-20(19)23(4,5)6/h7-13H,1-6H3. The van der Waals surface area contributed by atoms with E-state index in [1.165, 1.54) is 22.3 Å². The molecule has 3 rings (SSSR count). The number of hydrogen-bond donors (Lipinski definition) is 0. The first-order valence-corrected chi connectivity index (χ1v) is 8.89. The van der Waals surface area contributed by atoms with Crippen LogP contribution in [0.2, 0.25) is 0 Å². The van der Waals surface area contributed by atoms with Gasteiger partial charge in [-0.25, -0.2) is 4.98 Å². The Morgan fingerprint density at radius 2 is 1.65 bits per heavy atom. The van der Waals surface area contributed by atoms with E-state index in [0.717, 1.165) is 17.1 Å². The van der Waals surface area contributed by atoms with Crippen molar-refractivity contribution in [1.82, 2.24) is 9.55 Å². The van der Waals surface area contributed by atoms with Gasteiger partial charge >= 0.3 is 0 Å². The maximum atomic E-state index is 9.38. The molecule has 0 unspecified atom stereocenters. The van der Waals surface area contributed by atoms with Crippen LogP contribution in [0.25, 0.3) is 17.1 Å². The van der Waals surface area contributed by atoms with E-state index >= 15 is 0 Å². The van der Waals surface area contributed by atoms with E-state index in [0.29, 0.717) is 5.56 Å². The van der Waals surface area contributed by atoms with Crippen LogP contribution < -0.4 is 0 Å². The number of imidazole rings is 1. The van der Waals surface area contributed by atoms with Crippen LogP contribution in [0, 0.1) is 32.1 Å². The third-order valence-electron chi connectivity index (χ3n) is 4.71. The monoisotopic (exact) mass is 343 g/mol. The predicted molar refractivity (Wildman–Crippen MR) is 107 cm³/mol. The smallest absolute Gasteiger partial charge is 0.144 e. The highest BCUT2D eigenvalue weighted by Gasteiger charge is 2.22. The van der Waals surface area contributed by atoms with Crippen molar-refractivity contribution in [2.24, 2.45) is 0 Å². The van der Waals surface area contributed by atoms with Gasteiger partial charge in [0.1, 0.15) is 5.82 Å². The van der Waals surface area contributed by atoms with Gasteiger partial charge in [-0.3, -0.25) is 4.57 Å². The second-order valence-electron chi connectivity index (χ2n) is 7.99. The molecule has 3 aromatic rings. The Bertz CT molecular complexity index is 988. The van der Waals surface area contributed by atoms with Crippen LogP contribution in [0.15, 0.2) is 42.7 Å². The summed E-state index contributed by atoms with van der Waals surface area (Å²) < 4.78 is 2.15. The minimum atomic E-state index is -0.0442. The summed E-state index contributed by atoms with van der Waals surface area (Å²) in [7, 11) is 0. The van der Waals surface area contributed by atoms with Gasteiger partial charge in [-0.05, 0) is 55.0 Å². The number of rotatable bonds is 2. The van der Waals surface area contributed by atoms with Crippen molar-refractivity contribution in [3.63, 3.8) is 0 Å². The number of nitrogens with zero attached hydrogens (tertiary/aromatic N) is 3. The van der Waals surface area contributed by atoms with E-state index in [-0.39, 0.29) is 5.41 Å². The molecule has 0 spiro atoms. The van der Waals surface area contributed by atoms with Crippen LogP contribution in [0.3, 0.4) is 0 Å². The Labute approximate surface area is 155 Å². The van der Waals surface area contributed by atoms with E-state index in [2.05, 4.69) is 75.4 Å². The van der Waals surface area contributed by atoms with Gasteiger partial charge in [0.2, 0.25) is 0 Å². The zero-order chi connectivity index (χ0) is 19.1. The molecular weight excluding hydrogens is 318 g/mol. The van der Waals surface area contributed by atoms with Crippen LogP contribution >= 0.6 is 0 Å². The van der Waals surface area contributed by atoms with Gasteiger partial charge in [0.05, 0.1) is 17.3 Å². The van der Waals surface area contributed by atoms with Gasteiger partial charge in [-0.15, -0.1) is 0 Å². The van der Waals surface area contributed by atoms with Crippen LogP contribution in [0.5, 0.6) is 0 Å². The molecule has 1 heterocycles. The molecule has 0 atom stereocenters. The van der Waals surface area contributed by atoms with Gasteiger partial charge in [0.25, 0.3) is 0 Å². The molecule has 0 fully saturated rings.